The predicted octanol–water partition coefficient (Wildman–Crippen LogP) is 2.31. The number of hydrogen-bond acceptors (Lipinski definition) is 4. The van der Waals surface area contributed by atoms with E-state index >= 15 is 0 Å². The molecule has 4 rings (SSSR count). The molecule has 0 amide bonds. The monoisotopic (exact) mass is 305 g/mol. The number of imidazole rings is 1. The SMILES string of the molecule is Cc1ccc2cncn2c1[C@@H](O)c1cn(-c2ccccc2)nn1. The van der Waals surface area contributed by atoms with Gasteiger partial charge in [-0.1, -0.05) is 29.5 Å². The van der Waals surface area contributed by atoms with Gasteiger partial charge in [0.1, 0.15) is 11.8 Å². The summed E-state index contributed by atoms with van der Waals surface area (Å²) in [5.74, 6) is 0. The second kappa shape index (κ2) is 5.33. The zero-order valence-electron chi connectivity index (χ0n) is 12.5. The van der Waals surface area contributed by atoms with E-state index in [1.54, 1.807) is 23.4 Å². The number of rotatable bonds is 3. The van der Waals surface area contributed by atoms with Crippen LogP contribution in [0.3, 0.4) is 0 Å². The maximum Gasteiger partial charge on any atom is 0.140 e. The number of para-hydroxylation sites is 1. The molecule has 1 aromatic carbocycles. The molecule has 1 atom stereocenters. The average molecular weight is 305 g/mol. The number of benzene rings is 1. The lowest BCUT2D eigenvalue weighted by molar-refractivity contribution is 0.208. The Morgan fingerprint density at radius 1 is 1.09 bits per heavy atom. The number of pyridine rings is 1. The quantitative estimate of drug-likeness (QED) is 0.630. The van der Waals surface area contributed by atoms with Crippen LogP contribution in [0.25, 0.3) is 11.2 Å². The van der Waals surface area contributed by atoms with Crippen LogP contribution < -0.4 is 0 Å². The van der Waals surface area contributed by atoms with Crippen LogP contribution in [0.15, 0.2) is 61.2 Å². The van der Waals surface area contributed by atoms with Crippen LogP contribution in [0.4, 0.5) is 0 Å². The van der Waals surface area contributed by atoms with E-state index in [2.05, 4.69) is 15.3 Å². The van der Waals surface area contributed by atoms with E-state index in [0.29, 0.717) is 5.69 Å². The van der Waals surface area contributed by atoms with Crippen molar-refractivity contribution in [2.75, 3.05) is 0 Å². The van der Waals surface area contributed by atoms with Crippen molar-refractivity contribution in [2.24, 2.45) is 0 Å². The van der Waals surface area contributed by atoms with Gasteiger partial charge in [0.15, 0.2) is 0 Å². The molecule has 0 spiro atoms. The molecule has 0 saturated heterocycles. The highest BCUT2D eigenvalue weighted by molar-refractivity contribution is 5.49. The van der Waals surface area contributed by atoms with E-state index in [-0.39, 0.29) is 0 Å². The molecule has 0 unspecified atom stereocenters. The van der Waals surface area contributed by atoms with E-state index in [1.165, 1.54) is 0 Å². The largest absolute Gasteiger partial charge is 0.380 e. The molecule has 0 fully saturated rings. The fourth-order valence-corrected chi connectivity index (χ4v) is 2.71. The molecule has 6 heteroatoms. The molecular weight excluding hydrogens is 290 g/mol. The summed E-state index contributed by atoms with van der Waals surface area (Å²) in [5.41, 5.74) is 4.05. The van der Waals surface area contributed by atoms with Crippen molar-refractivity contribution in [2.45, 2.75) is 13.0 Å². The van der Waals surface area contributed by atoms with Crippen LogP contribution in [-0.4, -0.2) is 29.5 Å². The summed E-state index contributed by atoms with van der Waals surface area (Å²) in [5, 5.41) is 19.0. The van der Waals surface area contributed by atoms with Crippen LogP contribution in [0.5, 0.6) is 0 Å². The maximum absolute atomic E-state index is 10.8. The Bertz CT molecular complexity index is 957. The van der Waals surface area contributed by atoms with Gasteiger partial charge < -0.3 is 5.11 Å². The molecule has 1 N–H and O–H groups in total. The first kappa shape index (κ1) is 13.7. The number of hydrogen-bond donors (Lipinski definition) is 1. The van der Waals surface area contributed by atoms with E-state index < -0.39 is 6.10 Å². The van der Waals surface area contributed by atoms with Crippen molar-refractivity contribution in [1.82, 2.24) is 24.4 Å². The Morgan fingerprint density at radius 3 is 2.74 bits per heavy atom. The third-order valence-electron chi connectivity index (χ3n) is 3.91. The molecule has 4 aromatic rings. The molecule has 0 aliphatic heterocycles. The van der Waals surface area contributed by atoms with Gasteiger partial charge in [-0.15, -0.1) is 5.10 Å². The molecule has 0 bridgehead atoms. The van der Waals surface area contributed by atoms with Crippen molar-refractivity contribution in [3.05, 3.63) is 78.1 Å². The van der Waals surface area contributed by atoms with E-state index in [1.807, 2.05) is 53.8 Å². The standard InChI is InChI=1S/C17H15N5O/c1-12-7-8-14-9-18-11-21(14)16(12)17(23)15-10-22(20-19-15)13-5-3-2-4-6-13/h2-11,17,23H,1H3/t17-/m0/s1. The van der Waals surface area contributed by atoms with Crippen molar-refractivity contribution >= 4 is 5.52 Å². The van der Waals surface area contributed by atoms with Crippen molar-refractivity contribution in [1.29, 1.82) is 0 Å². The second-order valence-electron chi connectivity index (χ2n) is 5.42. The Labute approximate surface area is 132 Å². The number of aliphatic hydroxyl groups is 1. The molecule has 6 nitrogen and oxygen atoms in total. The van der Waals surface area contributed by atoms with Crippen LogP contribution in [-0.2, 0) is 0 Å². The molecule has 0 saturated carbocycles. The first-order valence-electron chi connectivity index (χ1n) is 7.31. The van der Waals surface area contributed by atoms with Gasteiger partial charge in [-0.3, -0.25) is 4.40 Å². The minimum absolute atomic E-state index is 0.498. The van der Waals surface area contributed by atoms with Crippen LogP contribution in [0, 0.1) is 6.92 Å². The van der Waals surface area contributed by atoms with Crippen LogP contribution in [0.2, 0.25) is 0 Å². The number of aromatic nitrogens is 5. The molecule has 0 aliphatic rings. The highest BCUT2D eigenvalue weighted by Crippen LogP contribution is 2.25. The summed E-state index contributed by atoms with van der Waals surface area (Å²) < 4.78 is 3.53. The number of aryl methyl sites for hydroxylation is 1. The smallest absolute Gasteiger partial charge is 0.140 e. The topological polar surface area (TPSA) is 68.2 Å². The third kappa shape index (κ3) is 2.29. The van der Waals surface area contributed by atoms with Crippen molar-refractivity contribution < 1.29 is 5.11 Å². The Kier molecular flexibility index (Phi) is 3.17. The number of fused-ring (bicyclic) bond motifs is 1. The van der Waals surface area contributed by atoms with Crippen LogP contribution >= 0.6 is 0 Å². The summed E-state index contributed by atoms with van der Waals surface area (Å²) in [6, 6.07) is 13.6. The number of nitrogens with zero attached hydrogens (tertiary/aromatic N) is 5. The summed E-state index contributed by atoms with van der Waals surface area (Å²) in [6.45, 7) is 1.96. The van der Waals surface area contributed by atoms with Gasteiger partial charge in [-0.05, 0) is 30.7 Å². The molecule has 0 radical (unpaired) electrons. The van der Waals surface area contributed by atoms with Crippen LogP contribution in [0.1, 0.15) is 23.1 Å². The Balaban J connectivity index is 1.77. The number of aliphatic hydroxyl groups excluding tert-OH is 1. The Hall–Kier alpha value is -2.99. The maximum atomic E-state index is 10.8. The van der Waals surface area contributed by atoms with Gasteiger partial charge in [0.25, 0.3) is 0 Å². The lowest BCUT2D eigenvalue weighted by Crippen LogP contribution is -2.08. The van der Waals surface area contributed by atoms with E-state index in [0.717, 1.165) is 22.5 Å². The first-order valence-corrected chi connectivity index (χ1v) is 7.31. The fourth-order valence-electron chi connectivity index (χ4n) is 2.71. The fraction of sp³-hybridized carbons (Fsp3) is 0.118. The lowest BCUT2D eigenvalue weighted by Gasteiger charge is -2.13. The van der Waals surface area contributed by atoms with Gasteiger partial charge >= 0.3 is 0 Å². The van der Waals surface area contributed by atoms with Gasteiger partial charge in [-0.2, -0.15) is 0 Å². The van der Waals surface area contributed by atoms with E-state index in [4.69, 9.17) is 0 Å². The molecule has 0 aliphatic carbocycles. The summed E-state index contributed by atoms with van der Waals surface area (Å²) in [7, 11) is 0. The Morgan fingerprint density at radius 2 is 1.91 bits per heavy atom. The predicted molar refractivity (Wildman–Crippen MR) is 85.3 cm³/mol. The van der Waals surface area contributed by atoms with Crippen molar-refractivity contribution in [3.8, 4) is 5.69 Å². The van der Waals surface area contributed by atoms with Gasteiger partial charge in [-0.25, -0.2) is 9.67 Å². The molecule has 23 heavy (non-hydrogen) atoms. The minimum Gasteiger partial charge on any atom is -0.380 e. The van der Waals surface area contributed by atoms with Gasteiger partial charge in [0.2, 0.25) is 0 Å². The third-order valence-corrected chi connectivity index (χ3v) is 3.91. The van der Waals surface area contributed by atoms with Gasteiger partial charge in [0.05, 0.1) is 35.6 Å². The zero-order chi connectivity index (χ0) is 15.8. The van der Waals surface area contributed by atoms with Crippen molar-refractivity contribution in [3.63, 3.8) is 0 Å². The summed E-state index contributed by atoms with van der Waals surface area (Å²) in [4.78, 5) is 4.14. The highest BCUT2D eigenvalue weighted by atomic mass is 16.3. The highest BCUT2D eigenvalue weighted by Gasteiger charge is 2.20. The minimum atomic E-state index is -0.870. The zero-order valence-corrected chi connectivity index (χ0v) is 12.5. The first-order chi connectivity index (χ1) is 11.2. The van der Waals surface area contributed by atoms with Gasteiger partial charge in [0, 0.05) is 0 Å². The normalized spacial score (nSPS) is 12.6. The lowest BCUT2D eigenvalue weighted by atomic mass is 10.1. The second-order valence-corrected chi connectivity index (χ2v) is 5.42. The molecular formula is C17H15N5O. The molecule has 3 heterocycles. The average Bonchev–Trinajstić information content (AvgIpc) is 3.24. The summed E-state index contributed by atoms with van der Waals surface area (Å²) in [6.07, 6.45) is 4.33. The molecule has 3 aromatic heterocycles. The molecule has 114 valence electrons. The van der Waals surface area contributed by atoms with E-state index in [9.17, 15) is 5.11 Å². The summed E-state index contributed by atoms with van der Waals surface area (Å²) >= 11 is 0.